The zero-order valence-electron chi connectivity index (χ0n) is 28.5. The minimum Gasteiger partial charge on any atom is -0.481 e. The third-order valence-electron chi connectivity index (χ3n) is 12.7. The van der Waals surface area contributed by atoms with E-state index in [9.17, 15) is 34.8 Å². The van der Waals surface area contributed by atoms with Crippen LogP contribution in [0.25, 0.3) is 0 Å². The Morgan fingerprint density at radius 2 is 0.767 bits per heavy atom. The van der Waals surface area contributed by atoms with Crippen LogP contribution in [0.15, 0.2) is 0 Å². The molecule has 0 spiro atoms. The van der Waals surface area contributed by atoms with Crippen LogP contribution in [0.5, 0.6) is 0 Å². The van der Waals surface area contributed by atoms with Crippen molar-refractivity contribution in [2.45, 2.75) is 145 Å². The lowest BCUT2D eigenvalue weighted by Gasteiger charge is -2.57. The largest absolute Gasteiger partial charge is 0.481 e. The Balaban J connectivity index is 2.16. The summed E-state index contributed by atoms with van der Waals surface area (Å²) in [4.78, 5) is 40.7. The van der Waals surface area contributed by atoms with Gasteiger partial charge in [-0.3, -0.25) is 9.59 Å². The van der Waals surface area contributed by atoms with Crippen LogP contribution in [0.4, 0.5) is 0 Å². The van der Waals surface area contributed by atoms with Crippen molar-refractivity contribution < 1.29 is 34.8 Å². The number of aliphatic hydroxyl groups is 1. The highest BCUT2D eigenvalue weighted by molar-refractivity contribution is 5.94. The molecule has 43 heavy (non-hydrogen) atoms. The molecule has 0 heterocycles. The first-order chi connectivity index (χ1) is 19.6. The molecule has 4 N–H and O–H groups in total. The minimum atomic E-state index is -2.93. The van der Waals surface area contributed by atoms with Crippen molar-refractivity contribution in [1.82, 2.24) is 0 Å². The first kappa shape index (κ1) is 35.8. The molecule has 3 fully saturated rings. The Morgan fingerprint density at radius 1 is 0.488 bits per heavy atom. The van der Waals surface area contributed by atoms with Crippen molar-refractivity contribution in [3.05, 3.63) is 0 Å². The van der Waals surface area contributed by atoms with Crippen molar-refractivity contribution in [3.8, 4) is 0 Å². The Kier molecular flexibility index (Phi) is 10.5. The highest BCUT2D eigenvalue weighted by Crippen LogP contribution is 2.61. The van der Waals surface area contributed by atoms with Gasteiger partial charge in [0.15, 0.2) is 5.60 Å². The molecule has 248 valence electrons. The molecule has 0 aromatic rings. The molecule has 7 nitrogen and oxygen atoms in total. The lowest BCUT2D eigenvalue weighted by molar-refractivity contribution is -0.233. The highest BCUT2D eigenvalue weighted by atomic mass is 16.4. The van der Waals surface area contributed by atoms with Crippen molar-refractivity contribution >= 4 is 17.9 Å². The van der Waals surface area contributed by atoms with Crippen LogP contribution in [-0.4, -0.2) is 43.9 Å². The molecule has 7 heteroatoms. The van der Waals surface area contributed by atoms with Gasteiger partial charge in [-0.05, 0) is 129 Å². The van der Waals surface area contributed by atoms with E-state index in [-0.39, 0.29) is 16.2 Å². The van der Waals surface area contributed by atoms with Crippen LogP contribution in [0.2, 0.25) is 0 Å². The van der Waals surface area contributed by atoms with Gasteiger partial charge in [-0.25, -0.2) is 4.79 Å². The molecule has 0 saturated heterocycles. The number of aliphatic carboxylic acids is 3. The predicted octanol–water partition coefficient (Wildman–Crippen LogP) is 8.13. The van der Waals surface area contributed by atoms with E-state index in [4.69, 9.17) is 0 Å². The molecule has 0 aromatic heterocycles. The molecule has 2 unspecified atom stereocenters. The maximum Gasteiger partial charge on any atom is 0.337 e. The molecule has 3 saturated carbocycles. The van der Waals surface area contributed by atoms with Gasteiger partial charge in [0, 0.05) is 0 Å². The summed E-state index contributed by atoms with van der Waals surface area (Å²) in [5.74, 6) is -6.86. The maximum atomic E-state index is 13.9. The van der Waals surface area contributed by atoms with Crippen LogP contribution in [0.1, 0.15) is 139 Å². The summed E-state index contributed by atoms with van der Waals surface area (Å²) in [6.45, 7) is 19.6. The Hall–Kier alpha value is -1.63. The molecule has 3 aliphatic carbocycles. The topological polar surface area (TPSA) is 132 Å². The fourth-order valence-electron chi connectivity index (χ4n) is 9.90. The van der Waals surface area contributed by atoms with Gasteiger partial charge in [-0.15, -0.1) is 0 Å². The van der Waals surface area contributed by atoms with Gasteiger partial charge >= 0.3 is 17.9 Å². The minimum absolute atomic E-state index is 0.0278. The van der Waals surface area contributed by atoms with Gasteiger partial charge in [0.05, 0.1) is 0 Å². The summed E-state index contributed by atoms with van der Waals surface area (Å²) < 4.78 is 0. The highest BCUT2D eigenvalue weighted by Gasteiger charge is 2.73. The van der Waals surface area contributed by atoms with Crippen LogP contribution >= 0.6 is 0 Å². The fraction of sp³-hybridized carbons (Fsp3) is 0.917. The number of carboxylic acids is 3. The second-order valence-corrected chi connectivity index (χ2v) is 17.9. The molecule has 2 atom stereocenters. The van der Waals surface area contributed by atoms with Gasteiger partial charge in [-0.2, -0.15) is 0 Å². The number of carbonyl (C=O) groups is 3. The van der Waals surface area contributed by atoms with Crippen LogP contribution in [0, 0.1) is 63.1 Å². The summed E-state index contributed by atoms with van der Waals surface area (Å²) in [5, 5.41) is 45.9. The number of rotatable bonds is 8. The van der Waals surface area contributed by atoms with Crippen LogP contribution < -0.4 is 0 Å². The summed E-state index contributed by atoms with van der Waals surface area (Å²) in [7, 11) is 0. The van der Waals surface area contributed by atoms with Gasteiger partial charge in [-0.1, -0.05) is 62.3 Å². The molecular weight excluding hydrogens is 544 g/mol. The van der Waals surface area contributed by atoms with Crippen molar-refractivity contribution in [2.24, 2.45) is 63.1 Å². The average Bonchev–Trinajstić information content (AvgIpc) is 2.88. The van der Waals surface area contributed by atoms with E-state index in [1.54, 1.807) is 0 Å². The zero-order valence-corrected chi connectivity index (χ0v) is 28.5. The van der Waals surface area contributed by atoms with E-state index in [1.165, 1.54) is 0 Å². The lowest BCUT2D eigenvalue weighted by atomic mass is 9.46. The average molecular weight is 607 g/mol. The van der Waals surface area contributed by atoms with Crippen molar-refractivity contribution in [1.29, 1.82) is 0 Å². The molecular formula is C36H62O7. The number of hydrogen-bond donors (Lipinski definition) is 4. The quantitative estimate of drug-likeness (QED) is 0.219. The summed E-state index contributed by atoms with van der Waals surface area (Å²) >= 11 is 0. The van der Waals surface area contributed by atoms with Gasteiger partial charge in [0.2, 0.25) is 0 Å². The lowest BCUT2D eigenvalue weighted by Crippen LogP contribution is -2.71. The van der Waals surface area contributed by atoms with E-state index in [1.807, 2.05) is 0 Å². The van der Waals surface area contributed by atoms with Crippen LogP contribution in [-0.2, 0) is 14.4 Å². The molecule has 0 aromatic carbocycles. The second kappa shape index (κ2) is 12.6. The third kappa shape index (κ3) is 6.82. The predicted molar refractivity (Wildman–Crippen MR) is 168 cm³/mol. The Bertz CT molecular complexity index is 954. The van der Waals surface area contributed by atoms with Gasteiger partial charge in [0.1, 0.15) is 11.3 Å². The van der Waals surface area contributed by atoms with Crippen molar-refractivity contribution in [3.63, 3.8) is 0 Å². The third-order valence-corrected chi connectivity index (χ3v) is 12.7. The molecule has 0 amide bonds. The SMILES string of the molecule is CC(C)(C)C1CCC(C(C(=O)O)C(O)(C(=O)O)C(C(=O)O)(C2CCC(C(C)(C)C)CC2)C2CCC(C(C)(C)C)CC2)CC1. The molecule has 0 aliphatic heterocycles. The van der Waals surface area contributed by atoms with Crippen LogP contribution in [0.3, 0.4) is 0 Å². The molecule has 0 bridgehead atoms. The van der Waals surface area contributed by atoms with E-state index in [0.717, 1.165) is 38.5 Å². The maximum absolute atomic E-state index is 13.9. The number of hydrogen-bond acceptors (Lipinski definition) is 4. The Morgan fingerprint density at radius 3 is 1.00 bits per heavy atom. The van der Waals surface area contributed by atoms with E-state index in [0.29, 0.717) is 56.3 Å². The van der Waals surface area contributed by atoms with E-state index in [2.05, 4.69) is 62.3 Å². The summed E-state index contributed by atoms with van der Waals surface area (Å²) in [6, 6.07) is 0. The first-order valence-electron chi connectivity index (χ1n) is 17.0. The zero-order chi connectivity index (χ0) is 32.8. The standard InChI is InChI=1S/C36H62O7/c1-32(2,3)23-12-10-22(11-13-23)28(29(37)38)36(43,31(41)42)35(30(39)40,26-18-14-24(15-19-26)33(4,5)6)27-20-16-25(17-21-27)34(7,8)9/h22-28,43H,10-21H2,1-9H3,(H,37,38)(H,39,40)(H,41,42). The van der Waals surface area contributed by atoms with E-state index < -0.39 is 52.6 Å². The normalized spacial score (nSPS) is 33.1. The van der Waals surface area contributed by atoms with Gasteiger partial charge < -0.3 is 20.4 Å². The van der Waals surface area contributed by atoms with E-state index >= 15 is 0 Å². The number of carboxylic acid groups (broad SMARTS) is 3. The fourth-order valence-corrected chi connectivity index (χ4v) is 9.90. The molecule has 3 aliphatic rings. The second-order valence-electron chi connectivity index (χ2n) is 17.9. The Labute approximate surface area is 260 Å². The first-order valence-corrected chi connectivity index (χ1v) is 17.0. The van der Waals surface area contributed by atoms with Gasteiger partial charge in [0.25, 0.3) is 0 Å². The smallest absolute Gasteiger partial charge is 0.337 e. The molecule has 0 radical (unpaired) electrons. The van der Waals surface area contributed by atoms with Crippen molar-refractivity contribution in [2.75, 3.05) is 0 Å². The monoisotopic (exact) mass is 606 g/mol. The summed E-state index contributed by atoms with van der Waals surface area (Å²) in [5.41, 5.74) is -4.92. The summed E-state index contributed by atoms with van der Waals surface area (Å²) in [6.07, 6.45) is 7.29. The molecule has 3 rings (SSSR count).